The van der Waals surface area contributed by atoms with Gasteiger partial charge in [0, 0.05) is 31.7 Å². The van der Waals surface area contributed by atoms with Gasteiger partial charge in [0.2, 0.25) is 5.91 Å². The number of aromatic nitrogens is 2. The molecular formula is C21H28N4O3S. The molecule has 1 aromatic carbocycles. The number of para-hydroxylation sites is 2. The number of carbonyl (C=O) groups is 1. The number of methoxy groups -OCH3 is 1. The van der Waals surface area contributed by atoms with Gasteiger partial charge >= 0.3 is 0 Å². The molecule has 0 spiro atoms. The van der Waals surface area contributed by atoms with E-state index in [9.17, 15) is 9.59 Å². The summed E-state index contributed by atoms with van der Waals surface area (Å²) in [6.07, 6.45) is 0. The Morgan fingerprint density at radius 1 is 1.34 bits per heavy atom. The van der Waals surface area contributed by atoms with Crippen molar-refractivity contribution in [1.29, 1.82) is 0 Å². The van der Waals surface area contributed by atoms with Crippen molar-refractivity contribution in [3.63, 3.8) is 0 Å². The number of hydrogen-bond acceptors (Lipinski definition) is 6. The molecule has 7 nitrogen and oxygen atoms in total. The number of H-pyrrole nitrogens is 1. The highest BCUT2D eigenvalue weighted by Crippen LogP contribution is 2.29. The first-order valence-corrected chi connectivity index (χ1v) is 10.8. The highest BCUT2D eigenvalue weighted by Gasteiger charge is 2.28. The van der Waals surface area contributed by atoms with Gasteiger partial charge in [-0.1, -0.05) is 37.7 Å². The molecule has 3 rings (SSSR count). The number of ether oxygens (including phenoxy) is 1. The van der Waals surface area contributed by atoms with Gasteiger partial charge in [0.15, 0.2) is 5.16 Å². The van der Waals surface area contributed by atoms with E-state index in [1.807, 2.05) is 43.0 Å². The normalized spacial score (nSPS) is 16.9. The molecule has 1 amide bonds. The molecule has 0 bridgehead atoms. The predicted molar refractivity (Wildman–Crippen MR) is 116 cm³/mol. The molecule has 2 heterocycles. The first-order chi connectivity index (χ1) is 13.9. The maximum atomic E-state index is 12.8. The van der Waals surface area contributed by atoms with Gasteiger partial charge in [0.05, 0.1) is 24.2 Å². The van der Waals surface area contributed by atoms with E-state index in [1.54, 1.807) is 7.11 Å². The Morgan fingerprint density at radius 2 is 2.10 bits per heavy atom. The van der Waals surface area contributed by atoms with Crippen LogP contribution < -0.4 is 15.2 Å². The Balaban J connectivity index is 1.61. The van der Waals surface area contributed by atoms with Crippen molar-refractivity contribution in [2.45, 2.75) is 37.9 Å². The third-order valence-corrected chi connectivity index (χ3v) is 5.90. The van der Waals surface area contributed by atoms with Crippen LogP contribution in [0.4, 0.5) is 5.69 Å². The van der Waals surface area contributed by atoms with Crippen LogP contribution in [0.1, 0.15) is 32.4 Å². The number of aromatic amines is 1. The number of benzene rings is 1. The summed E-state index contributed by atoms with van der Waals surface area (Å²) in [5.74, 6) is 1.31. The van der Waals surface area contributed by atoms with Gasteiger partial charge in [-0.15, -0.1) is 0 Å². The van der Waals surface area contributed by atoms with Crippen LogP contribution in [0.3, 0.4) is 0 Å². The minimum Gasteiger partial charge on any atom is -0.495 e. The van der Waals surface area contributed by atoms with E-state index in [1.165, 1.54) is 17.8 Å². The van der Waals surface area contributed by atoms with Crippen molar-refractivity contribution in [3.05, 3.63) is 46.4 Å². The highest BCUT2D eigenvalue weighted by molar-refractivity contribution is 7.99. The van der Waals surface area contributed by atoms with Crippen LogP contribution in [0.15, 0.2) is 40.3 Å². The zero-order chi connectivity index (χ0) is 21.0. The van der Waals surface area contributed by atoms with Gasteiger partial charge in [-0.05, 0) is 25.0 Å². The molecule has 29 heavy (non-hydrogen) atoms. The van der Waals surface area contributed by atoms with Crippen LogP contribution >= 0.6 is 11.8 Å². The average Bonchev–Trinajstić information content (AvgIpc) is 2.71. The number of carbonyl (C=O) groups excluding carboxylic acids is 1. The maximum absolute atomic E-state index is 12.8. The van der Waals surface area contributed by atoms with Crippen LogP contribution in [-0.4, -0.2) is 59.3 Å². The van der Waals surface area contributed by atoms with Crippen molar-refractivity contribution >= 4 is 23.4 Å². The molecule has 8 heteroatoms. The topological polar surface area (TPSA) is 78.5 Å². The summed E-state index contributed by atoms with van der Waals surface area (Å²) < 4.78 is 5.47. The van der Waals surface area contributed by atoms with Crippen molar-refractivity contribution < 1.29 is 9.53 Å². The summed E-state index contributed by atoms with van der Waals surface area (Å²) in [6.45, 7) is 8.18. The second-order valence-corrected chi connectivity index (χ2v) is 8.44. The SMILES string of the molecule is COc1ccccc1N1CCN(C(=O)CSc2nc(C(C)C)cc(=O)[nH]2)[C@H](C)C1. The number of nitrogens with zero attached hydrogens (tertiary/aromatic N) is 3. The molecule has 1 saturated heterocycles. The maximum Gasteiger partial charge on any atom is 0.251 e. The Hall–Kier alpha value is -2.48. The molecule has 156 valence electrons. The van der Waals surface area contributed by atoms with Crippen molar-refractivity contribution in [1.82, 2.24) is 14.9 Å². The molecule has 1 aromatic heterocycles. The fraction of sp³-hybridized carbons (Fsp3) is 0.476. The zero-order valence-corrected chi connectivity index (χ0v) is 18.2. The summed E-state index contributed by atoms with van der Waals surface area (Å²) in [5, 5.41) is 0.495. The predicted octanol–water partition coefficient (Wildman–Crippen LogP) is 2.73. The molecule has 1 N–H and O–H groups in total. The summed E-state index contributed by atoms with van der Waals surface area (Å²) >= 11 is 1.28. The molecular weight excluding hydrogens is 388 g/mol. The summed E-state index contributed by atoms with van der Waals surface area (Å²) in [4.78, 5) is 35.9. The summed E-state index contributed by atoms with van der Waals surface area (Å²) in [6, 6.07) is 9.53. The molecule has 0 unspecified atom stereocenters. The smallest absolute Gasteiger partial charge is 0.251 e. The Bertz CT molecular complexity index is 915. The lowest BCUT2D eigenvalue weighted by Crippen LogP contribution is -2.54. The lowest BCUT2D eigenvalue weighted by atomic mass is 10.1. The minimum absolute atomic E-state index is 0.0553. The lowest BCUT2D eigenvalue weighted by molar-refractivity contribution is -0.130. The van der Waals surface area contributed by atoms with Crippen LogP contribution in [0.5, 0.6) is 5.75 Å². The fourth-order valence-corrected chi connectivity index (χ4v) is 4.24. The van der Waals surface area contributed by atoms with E-state index in [4.69, 9.17) is 4.74 Å². The van der Waals surface area contributed by atoms with Crippen LogP contribution in [-0.2, 0) is 4.79 Å². The molecule has 1 aliphatic heterocycles. The molecule has 0 aliphatic carbocycles. The first-order valence-electron chi connectivity index (χ1n) is 9.80. The molecule has 2 aromatic rings. The average molecular weight is 417 g/mol. The van der Waals surface area contributed by atoms with Gasteiger partial charge in [0.1, 0.15) is 5.75 Å². The van der Waals surface area contributed by atoms with Crippen molar-refractivity contribution in [2.24, 2.45) is 0 Å². The van der Waals surface area contributed by atoms with E-state index < -0.39 is 0 Å². The van der Waals surface area contributed by atoms with Gasteiger partial charge < -0.3 is 19.5 Å². The van der Waals surface area contributed by atoms with Crippen LogP contribution in [0, 0.1) is 0 Å². The van der Waals surface area contributed by atoms with E-state index in [2.05, 4.69) is 21.8 Å². The van der Waals surface area contributed by atoms with Gasteiger partial charge in [-0.3, -0.25) is 9.59 Å². The molecule has 1 aliphatic rings. The van der Waals surface area contributed by atoms with Gasteiger partial charge in [-0.2, -0.15) is 0 Å². The number of nitrogens with one attached hydrogen (secondary N) is 1. The van der Waals surface area contributed by atoms with Crippen molar-refractivity contribution in [3.8, 4) is 5.75 Å². The number of anilines is 1. The monoisotopic (exact) mass is 416 g/mol. The van der Waals surface area contributed by atoms with E-state index in [0.29, 0.717) is 11.7 Å². The number of piperazine rings is 1. The van der Waals surface area contributed by atoms with E-state index in [0.717, 1.165) is 30.2 Å². The second kappa shape index (κ2) is 9.35. The van der Waals surface area contributed by atoms with Crippen LogP contribution in [0.25, 0.3) is 0 Å². The molecule has 1 atom stereocenters. The Labute approximate surface area is 175 Å². The van der Waals surface area contributed by atoms with Crippen LogP contribution in [0.2, 0.25) is 0 Å². The zero-order valence-electron chi connectivity index (χ0n) is 17.3. The quantitative estimate of drug-likeness (QED) is 0.576. The Morgan fingerprint density at radius 3 is 2.79 bits per heavy atom. The van der Waals surface area contributed by atoms with E-state index in [-0.39, 0.29) is 29.2 Å². The third-order valence-electron chi connectivity index (χ3n) is 5.04. The van der Waals surface area contributed by atoms with Gasteiger partial charge in [-0.25, -0.2) is 4.98 Å². The first kappa shape index (κ1) is 21.2. The van der Waals surface area contributed by atoms with Crippen molar-refractivity contribution in [2.75, 3.05) is 37.4 Å². The molecule has 0 saturated carbocycles. The second-order valence-electron chi connectivity index (χ2n) is 7.47. The third kappa shape index (κ3) is 5.12. The summed E-state index contributed by atoms with van der Waals surface area (Å²) in [7, 11) is 1.67. The highest BCUT2D eigenvalue weighted by atomic mass is 32.2. The van der Waals surface area contributed by atoms with Gasteiger partial charge in [0.25, 0.3) is 5.56 Å². The number of hydrogen-bond donors (Lipinski definition) is 1. The standard InChI is InChI=1S/C21H28N4O3S/c1-14(2)16-11-19(26)23-21(22-16)29-13-20(27)25-10-9-24(12-15(25)3)17-7-5-6-8-18(17)28-4/h5-8,11,14-15H,9-10,12-13H2,1-4H3,(H,22,23,26)/t15-/m1/s1. The summed E-state index contributed by atoms with van der Waals surface area (Å²) in [5.41, 5.74) is 1.61. The molecule has 0 radical (unpaired) electrons. The van der Waals surface area contributed by atoms with E-state index >= 15 is 0 Å². The fourth-order valence-electron chi connectivity index (χ4n) is 3.47. The molecule has 1 fully saturated rings. The Kier molecular flexibility index (Phi) is 6.84. The number of thioether (sulfide) groups is 1. The minimum atomic E-state index is -0.183. The largest absolute Gasteiger partial charge is 0.495 e. The lowest BCUT2D eigenvalue weighted by Gasteiger charge is -2.41. The number of amides is 1. The number of rotatable bonds is 6.